The van der Waals surface area contributed by atoms with Gasteiger partial charge in [-0.25, -0.2) is 0 Å². The minimum absolute atomic E-state index is 0.380. The Labute approximate surface area is 239 Å². The summed E-state index contributed by atoms with van der Waals surface area (Å²) < 4.78 is 17.5. The Morgan fingerprint density at radius 2 is 0.951 bits per heavy atom. The van der Waals surface area contributed by atoms with E-state index >= 15 is 0 Å². The van der Waals surface area contributed by atoms with Crippen LogP contribution >= 0.6 is 0 Å². The molecule has 5 heteroatoms. The first-order valence-electron chi connectivity index (χ1n) is 14.3. The van der Waals surface area contributed by atoms with Crippen LogP contribution in [0.3, 0.4) is 0 Å². The van der Waals surface area contributed by atoms with Crippen LogP contribution in [-0.4, -0.2) is 27.5 Å². The van der Waals surface area contributed by atoms with Crippen LogP contribution in [0, 0.1) is 0 Å². The van der Waals surface area contributed by atoms with Crippen LogP contribution in [0.25, 0.3) is 55.0 Å². The molecule has 5 aromatic carbocycles. The Balaban J connectivity index is 1.34. The predicted molar refractivity (Wildman–Crippen MR) is 171 cm³/mol. The Bertz CT molecular complexity index is 2100. The summed E-state index contributed by atoms with van der Waals surface area (Å²) in [5, 5.41) is 4.89. The first kappa shape index (κ1) is 24.5. The van der Waals surface area contributed by atoms with Crippen molar-refractivity contribution in [3.05, 3.63) is 115 Å². The lowest BCUT2D eigenvalue weighted by Crippen LogP contribution is -2.41. The van der Waals surface area contributed by atoms with Crippen LogP contribution in [0.1, 0.15) is 27.7 Å². The maximum absolute atomic E-state index is 6.40. The molecule has 0 amide bonds. The van der Waals surface area contributed by atoms with Crippen molar-refractivity contribution in [2.24, 2.45) is 0 Å². The molecule has 0 atom stereocenters. The Hall–Kier alpha value is -4.32. The van der Waals surface area contributed by atoms with Crippen molar-refractivity contribution in [2.45, 2.75) is 38.9 Å². The second-order valence-corrected chi connectivity index (χ2v) is 12.1. The minimum Gasteiger partial charge on any atom is -0.399 e. The van der Waals surface area contributed by atoms with Gasteiger partial charge in [-0.1, -0.05) is 66.7 Å². The van der Waals surface area contributed by atoms with Gasteiger partial charge in [-0.2, -0.15) is 0 Å². The number of benzene rings is 5. The maximum atomic E-state index is 6.40. The van der Waals surface area contributed by atoms with Gasteiger partial charge in [0.15, 0.2) is 0 Å². The van der Waals surface area contributed by atoms with E-state index < -0.39 is 7.12 Å². The first-order chi connectivity index (χ1) is 19.8. The molecule has 0 radical (unpaired) electrons. The second-order valence-electron chi connectivity index (χ2n) is 12.1. The standard InChI is InChI=1S/C36H31BN2O2/c1-35(2)36(3,4)41-37(40-35)24-18-20-33-29(22-24)27-14-8-11-17-32(27)39(33)26-19-21-34-30(23-26)28-15-9-10-16-31(28)38(34)25-12-6-5-7-13-25/h5-23H,1-4H3. The minimum atomic E-state index is -0.396. The number of hydrogen-bond donors (Lipinski definition) is 0. The summed E-state index contributed by atoms with van der Waals surface area (Å²) in [5.41, 5.74) is 7.34. The summed E-state index contributed by atoms with van der Waals surface area (Å²) in [6.07, 6.45) is 0. The summed E-state index contributed by atoms with van der Waals surface area (Å²) in [5.74, 6) is 0. The van der Waals surface area contributed by atoms with Crippen LogP contribution in [0.2, 0.25) is 0 Å². The highest BCUT2D eigenvalue weighted by atomic mass is 16.7. The van der Waals surface area contributed by atoms with Crippen molar-refractivity contribution in [1.82, 2.24) is 9.13 Å². The summed E-state index contributed by atoms with van der Waals surface area (Å²) in [7, 11) is -0.396. The van der Waals surface area contributed by atoms with Crippen LogP contribution in [0.15, 0.2) is 115 Å². The molecule has 0 unspecified atom stereocenters. The van der Waals surface area contributed by atoms with E-state index in [1.807, 2.05) is 0 Å². The molecule has 2 aromatic heterocycles. The zero-order chi connectivity index (χ0) is 27.9. The monoisotopic (exact) mass is 534 g/mol. The molecule has 1 saturated heterocycles. The molecule has 200 valence electrons. The Kier molecular flexibility index (Phi) is 5.13. The highest BCUT2D eigenvalue weighted by molar-refractivity contribution is 6.62. The van der Waals surface area contributed by atoms with Gasteiger partial charge in [-0.3, -0.25) is 0 Å². The fraction of sp³-hybridized carbons (Fsp3) is 0.167. The molecule has 1 fully saturated rings. The zero-order valence-electron chi connectivity index (χ0n) is 23.8. The van der Waals surface area contributed by atoms with E-state index in [1.165, 1.54) is 43.8 Å². The average Bonchev–Trinajstić information content (AvgIpc) is 3.56. The summed E-state index contributed by atoms with van der Waals surface area (Å²) in [4.78, 5) is 0. The molecule has 4 nitrogen and oxygen atoms in total. The van der Waals surface area contributed by atoms with E-state index in [0.29, 0.717) is 0 Å². The van der Waals surface area contributed by atoms with Crippen molar-refractivity contribution in [1.29, 1.82) is 0 Å². The van der Waals surface area contributed by atoms with Gasteiger partial charge in [0, 0.05) is 32.9 Å². The second kappa shape index (κ2) is 8.59. The van der Waals surface area contributed by atoms with E-state index in [-0.39, 0.29) is 11.2 Å². The number of para-hydroxylation sites is 3. The molecule has 0 N–H and O–H groups in total. The molecule has 0 saturated carbocycles. The lowest BCUT2D eigenvalue weighted by Gasteiger charge is -2.32. The van der Waals surface area contributed by atoms with Crippen molar-refractivity contribution in [2.75, 3.05) is 0 Å². The van der Waals surface area contributed by atoms with E-state index in [1.54, 1.807) is 0 Å². The number of nitrogens with zero attached hydrogens (tertiary/aromatic N) is 2. The third kappa shape index (κ3) is 3.56. The van der Waals surface area contributed by atoms with Gasteiger partial charge in [0.25, 0.3) is 0 Å². The highest BCUT2D eigenvalue weighted by Gasteiger charge is 2.51. The fourth-order valence-electron chi connectivity index (χ4n) is 6.35. The number of hydrogen-bond acceptors (Lipinski definition) is 2. The van der Waals surface area contributed by atoms with Crippen molar-refractivity contribution < 1.29 is 9.31 Å². The van der Waals surface area contributed by atoms with Crippen LogP contribution in [0.4, 0.5) is 0 Å². The molecule has 0 aliphatic carbocycles. The van der Waals surface area contributed by atoms with E-state index in [2.05, 4.69) is 152 Å². The van der Waals surface area contributed by atoms with Gasteiger partial charge >= 0.3 is 7.12 Å². The Morgan fingerprint density at radius 3 is 1.59 bits per heavy atom. The molecule has 41 heavy (non-hydrogen) atoms. The SMILES string of the molecule is CC1(C)OB(c2ccc3c(c2)c2ccccc2n3-c2ccc3c(c2)c2ccccc2n3-c2ccccc2)OC1(C)C. The zero-order valence-corrected chi connectivity index (χ0v) is 23.8. The molecule has 0 bridgehead atoms. The van der Waals surface area contributed by atoms with Gasteiger partial charge in [0.2, 0.25) is 0 Å². The van der Waals surface area contributed by atoms with E-state index in [0.717, 1.165) is 16.7 Å². The summed E-state index contributed by atoms with van der Waals surface area (Å²) in [6, 6.07) is 41.4. The number of rotatable bonds is 3. The van der Waals surface area contributed by atoms with Gasteiger partial charge in [-0.15, -0.1) is 0 Å². The number of fused-ring (bicyclic) bond motifs is 6. The summed E-state index contributed by atoms with van der Waals surface area (Å²) >= 11 is 0. The van der Waals surface area contributed by atoms with E-state index in [9.17, 15) is 0 Å². The average molecular weight is 534 g/mol. The van der Waals surface area contributed by atoms with E-state index in [4.69, 9.17) is 9.31 Å². The molecule has 3 heterocycles. The first-order valence-corrected chi connectivity index (χ1v) is 14.3. The smallest absolute Gasteiger partial charge is 0.399 e. The van der Waals surface area contributed by atoms with Crippen LogP contribution in [-0.2, 0) is 9.31 Å². The normalized spacial score (nSPS) is 16.4. The fourth-order valence-corrected chi connectivity index (χ4v) is 6.35. The molecular formula is C36H31BN2O2. The van der Waals surface area contributed by atoms with Crippen molar-refractivity contribution >= 4 is 56.2 Å². The highest BCUT2D eigenvalue weighted by Crippen LogP contribution is 2.39. The van der Waals surface area contributed by atoms with Gasteiger partial charge in [0.05, 0.1) is 33.3 Å². The number of aromatic nitrogens is 2. The topological polar surface area (TPSA) is 28.3 Å². The van der Waals surface area contributed by atoms with Gasteiger partial charge in [0.1, 0.15) is 0 Å². The maximum Gasteiger partial charge on any atom is 0.494 e. The summed E-state index contributed by atoms with van der Waals surface area (Å²) in [6.45, 7) is 8.40. The quantitative estimate of drug-likeness (QED) is 0.214. The molecule has 1 aliphatic rings. The third-order valence-corrected chi connectivity index (χ3v) is 9.15. The van der Waals surface area contributed by atoms with Crippen molar-refractivity contribution in [3.63, 3.8) is 0 Å². The molecule has 1 aliphatic heterocycles. The molecule has 7 aromatic rings. The third-order valence-electron chi connectivity index (χ3n) is 9.15. The Morgan fingerprint density at radius 1 is 0.463 bits per heavy atom. The van der Waals surface area contributed by atoms with Crippen molar-refractivity contribution in [3.8, 4) is 11.4 Å². The molecule has 0 spiro atoms. The van der Waals surface area contributed by atoms with Crippen LogP contribution < -0.4 is 5.46 Å². The van der Waals surface area contributed by atoms with Crippen LogP contribution in [0.5, 0.6) is 0 Å². The molecular weight excluding hydrogens is 503 g/mol. The van der Waals surface area contributed by atoms with Gasteiger partial charge in [-0.05, 0) is 81.7 Å². The lowest BCUT2D eigenvalue weighted by atomic mass is 9.78. The van der Waals surface area contributed by atoms with Gasteiger partial charge < -0.3 is 18.4 Å². The lowest BCUT2D eigenvalue weighted by molar-refractivity contribution is 0.00578. The molecule has 8 rings (SSSR count). The predicted octanol–water partition coefficient (Wildman–Crippen LogP) is 8.18. The largest absolute Gasteiger partial charge is 0.494 e.